The summed E-state index contributed by atoms with van der Waals surface area (Å²) >= 11 is 0. The summed E-state index contributed by atoms with van der Waals surface area (Å²) in [4.78, 5) is 0. The Morgan fingerprint density at radius 2 is 1.60 bits per heavy atom. The minimum Gasteiger partial charge on any atom is -0.512 e. The van der Waals surface area contributed by atoms with Crippen LogP contribution in [0.4, 0.5) is 0 Å². The molecule has 10 heavy (non-hydrogen) atoms. The molecule has 0 spiro atoms. The van der Waals surface area contributed by atoms with Crippen molar-refractivity contribution in [2.24, 2.45) is 0 Å². The number of aliphatic hydroxyl groups is 1. The Labute approximate surface area is 62.8 Å². The smallest absolute Gasteiger partial charge is 0.0911 e. The number of rotatable bonds is 0. The van der Waals surface area contributed by atoms with Gasteiger partial charge >= 0.3 is 0 Å². The molecule has 1 nitrogen and oxygen atoms in total. The first-order chi connectivity index (χ1) is 4.80. The number of allylic oxidation sites excluding steroid dienone is 2. The van der Waals surface area contributed by atoms with Crippen LogP contribution in [-0.4, -0.2) is 5.11 Å². The van der Waals surface area contributed by atoms with Gasteiger partial charge in [0.2, 0.25) is 0 Å². The summed E-state index contributed by atoms with van der Waals surface area (Å²) in [6.45, 7) is 2.04. The van der Waals surface area contributed by atoms with Crippen molar-refractivity contribution in [2.45, 2.75) is 45.4 Å². The monoisotopic (exact) mass is 140 g/mol. The molecule has 0 heterocycles. The molecule has 1 rings (SSSR count). The first-order valence-corrected chi connectivity index (χ1v) is 4.18. The third-order valence-electron chi connectivity index (χ3n) is 2.21. The molecule has 0 fully saturated rings. The lowest BCUT2D eigenvalue weighted by Crippen LogP contribution is -1.93. The third kappa shape index (κ3) is 2.05. The number of aliphatic hydroxyl groups excluding tert-OH is 1. The quantitative estimate of drug-likeness (QED) is 0.548. The molecule has 58 valence electrons. The van der Waals surface area contributed by atoms with Crippen LogP contribution in [-0.2, 0) is 0 Å². The van der Waals surface area contributed by atoms with Crippen molar-refractivity contribution in [2.75, 3.05) is 0 Å². The van der Waals surface area contributed by atoms with Crippen molar-refractivity contribution in [3.05, 3.63) is 11.3 Å². The zero-order chi connectivity index (χ0) is 7.40. The highest BCUT2D eigenvalue weighted by Crippen LogP contribution is 2.20. The zero-order valence-corrected chi connectivity index (χ0v) is 6.69. The summed E-state index contributed by atoms with van der Waals surface area (Å²) in [7, 11) is 0. The fraction of sp³-hybridized carbons (Fsp3) is 0.778. The standard InChI is InChI=1S/C9H16O/c1-8-6-4-2-3-5-7-9(8)10/h10H,2-7H2,1H3/b9-8+. The van der Waals surface area contributed by atoms with Crippen LogP contribution in [0.25, 0.3) is 0 Å². The predicted molar refractivity (Wildman–Crippen MR) is 43.0 cm³/mol. The molecule has 0 atom stereocenters. The molecule has 1 N–H and O–H groups in total. The molecule has 0 aromatic heterocycles. The van der Waals surface area contributed by atoms with Gasteiger partial charge in [-0.2, -0.15) is 0 Å². The summed E-state index contributed by atoms with van der Waals surface area (Å²) in [5.74, 6) is 0.653. The molecule has 0 aromatic rings. The van der Waals surface area contributed by atoms with E-state index in [-0.39, 0.29) is 0 Å². The van der Waals surface area contributed by atoms with Gasteiger partial charge in [-0.15, -0.1) is 0 Å². The highest BCUT2D eigenvalue weighted by molar-refractivity contribution is 5.04. The normalized spacial score (nSPS) is 29.3. The predicted octanol–water partition coefficient (Wildman–Crippen LogP) is 3.17. The van der Waals surface area contributed by atoms with Gasteiger partial charge in [-0.3, -0.25) is 0 Å². The van der Waals surface area contributed by atoms with Crippen LogP contribution in [0.3, 0.4) is 0 Å². The Hall–Kier alpha value is -0.460. The van der Waals surface area contributed by atoms with Gasteiger partial charge in [0.05, 0.1) is 5.76 Å². The largest absolute Gasteiger partial charge is 0.512 e. The Morgan fingerprint density at radius 1 is 1.00 bits per heavy atom. The molecule has 0 saturated heterocycles. The first-order valence-electron chi connectivity index (χ1n) is 4.18. The van der Waals surface area contributed by atoms with E-state index in [0.29, 0.717) is 5.76 Å². The van der Waals surface area contributed by atoms with Crippen molar-refractivity contribution in [3.8, 4) is 0 Å². The van der Waals surface area contributed by atoms with Crippen molar-refractivity contribution in [1.82, 2.24) is 0 Å². The van der Waals surface area contributed by atoms with Crippen LogP contribution in [0.2, 0.25) is 0 Å². The topological polar surface area (TPSA) is 20.2 Å². The van der Waals surface area contributed by atoms with Crippen molar-refractivity contribution >= 4 is 0 Å². The van der Waals surface area contributed by atoms with Crippen LogP contribution >= 0.6 is 0 Å². The fourth-order valence-corrected chi connectivity index (χ4v) is 1.39. The molecule has 0 aromatic carbocycles. The lowest BCUT2D eigenvalue weighted by molar-refractivity contribution is 0.364. The van der Waals surface area contributed by atoms with E-state index in [2.05, 4.69) is 0 Å². The summed E-state index contributed by atoms with van der Waals surface area (Å²) in [5.41, 5.74) is 1.21. The van der Waals surface area contributed by atoms with Crippen LogP contribution in [0, 0.1) is 0 Å². The minimum atomic E-state index is 0.653. The van der Waals surface area contributed by atoms with Gasteiger partial charge in [0, 0.05) is 6.42 Å². The summed E-state index contributed by atoms with van der Waals surface area (Å²) in [6, 6.07) is 0. The van der Waals surface area contributed by atoms with E-state index in [0.717, 1.165) is 12.8 Å². The van der Waals surface area contributed by atoms with Gasteiger partial charge < -0.3 is 5.11 Å². The van der Waals surface area contributed by atoms with E-state index in [1.165, 1.54) is 31.3 Å². The van der Waals surface area contributed by atoms with E-state index < -0.39 is 0 Å². The van der Waals surface area contributed by atoms with Crippen LogP contribution in [0.1, 0.15) is 45.4 Å². The van der Waals surface area contributed by atoms with Crippen LogP contribution in [0.5, 0.6) is 0 Å². The molecule has 0 aliphatic heterocycles. The molecule has 0 bridgehead atoms. The minimum absolute atomic E-state index is 0.653. The Bertz CT molecular complexity index is 120. The zero-order valence-electron chi connectivity index (χ0n) is 6.69. The van der Waals surface area contributed by atoms with E-state index >= 15 is 0 Å². The second-order valence-electron chi connectivity index (χ2n) is 3.14. The van der Waals surface area contributed by atoms with E-state index in [4.69, 9.17) is 0 Å². The maximum atomic E-state index is 9.36. The molecule has 0 unspecified atom stereocenters. The lowest BCUT2D eigenvalue weighted by Gasteiger charge is -2.09. The maximum Gasteiger partial charge on any atom is 0.0911 e. The Kier molecular flexibility index (Phi) is 2.79. The van der Waals surface area contributed by atoms with E-state index in [9.17, 15) is 5.11 Å². The molecular formula is C9H16O. The molecule has 0 saturated carbocycles. The molecule has 0 amide bonds. The fourth-order valence-electron chi connectivity index (χ4n) is 1.39. The van der Waals surface area contributed by atoms with Crippen molar-refractivity contribution < 1.29 is 5.11 Å². The molecule has 1 heteroatoms. The van der Waals surface area contributed by atoms with Crippen molar-refractivity contribution in [3.63, 3.8) is 0 Å². The van der Waals surface area contributed by atoms with Gasteiger partial charge in [-0.1, -0.05) is 12.8 Å². The summed E-state index contributed by atoms with van der Waals surface area (Å²) in [5, 5.41) is 9.36. The van der Waals surface area contributed by atoms with Gasteiger partial charge in [0.25, 0.3) is 0 Å². The van der Waals surface area contributed by atoms with E-state index in [1.54, 1.807) is 0 Å². The SMILES string of the molecule is C/C1=C(\O)CCCCCC1. The number of hydrogen-bond donors (Lipinski definition) is 1. The highest BCUT2D eigenvalue weighted by Gasteiger charge is 2.03. The summed E-state index contributed by atoms with van der Waals surface area (Å²) < 4.78 is 0. The van der Waals surface area contributed by atoms with Gasteiger partial charge in [-0.05, 0) is 31.8 Å². The van der Waals surface area contributed by atoms with Gasteiger partial charge in [0.15, 0.2) is 0 Å². The maximum absolute atomic E-state index is 9.36. The highest BCUT2D eigenvalue weighted by atomic mass is 16.3. The van der Waals surface area contributed by atoms with Gasteiger partial charge in [0.1, 0.15) is 0 Å². The molecule has 1 aliphatic rings. The Morgan fingerprint density at radius 3 is 2.30 bits per heavy atom. The Balaban J connectivity index is 2.51. The molecular weight excluding hydrogens is 124 g/mol. The average molecular weight is 140 g/mol. The van der Waals surface area contributed by atoms with Crippen LogP contribution in [0.15, 0.2) is 11.3 Å². The summed E-state index contributed by atoms with van der Waals surface area (Å²) in [6.07, 6.45) is 7.07. The van der Waals surface area contributed by atoms with Crippen LogP contribution < -0.4 is 0 Å². The number of hydrogen-bond acceptors (Lipinski definition) is 1. The lowest BCUT2D eigenvalue weighted by atomic mass is 10.00. The first kappa shape index (κ1) is 7.64. The average Bonchev–Trinajstić information content (AvgIpc) is 1.92. The second kappa shape index (κ2) is 3.65. The van der Waals surface area contributed by atoms with Crippen molar-refractivity contribution in [1.29, 1.82) is 0 Å². The second-order valence-corrected chi connectivity index (χ2v) is 3.14. The third-order valence-corrected chi connectivity index (χ3v) is 2.21. The molecule has 0 radical (unpaired) electrons. The molecule has 1 aliphatic carbocycles. The van der Waals surface area contributed by atoms with Gasteiger partial charge in [-0.25, -0.2) is 0 Å². The van der Waals surface area contributed by atoms with E-state index in [1.807, 2.05) is 6.92 Å².